The monoisotopic (exact) mass is 422 g/mol. The van der Waals surface area contributed by atoms with E-state index in [4.69, 9.17) is 0 Å². The second-order valence-electron chi connectivity index (χ2n) is 7.18. The Hall–Kier alpha value is -2.99. The maximum Gasteiger partial charge on any atom is 0.159 e. The lowest BCUT2D eigenvalue weighted by molar-refractivity contribution is 0.509. The Morgan fingerprint density at radius 3 is 2.16 bits per heavy atom. The van der Waals surface area contributed by atoms with Gasteiger partial charge in [0.2, 0.25) is 0 Å². The molecule has 0 saturated heterocycles. The maximum atomic E-state index is 14.5. The highest BCUT2D eigenvalue weighted by molar-refractivity contribution is 5.65. The van der Waals surface area contributed by atoms with E-state index in [9.17, 15) is 13.2 Å². The van der Waals surface area contributed by atoms with Crippen molar-refractivity contribution in [2.24, 2.45) is 0 Å². The molecule has 0 aliphatic rings. The summed E-state index contributed by atoms with van der Waals surface area (Å²) < 4.78 is 41.0. The van der Waals surface area contributed by atoms with E-state index in [0.29, 0.717) is 5.56 Å². The van der Waals surface area contributed by atoms with Gasteiger partial charge in [-0.3, -0.25) is 0 Å². The summed E-state index contributed by atoms with van der Waals surface area (Å²) in [4.78, 5) is 0. The van der Waals surface area contributed by atoms with E-state index in [0.717, 1.165) is 29.7 Å². The first kappa shape index (κ1) is 24.3. The van der Waals surface area contributed by atoms with E-state index >= 15 is 0 Å². The number of hydrogen-bond acceptors (Lipinski definition) is 0. The predicted octanol–water partition coefficient (Wildman–Crippen LogP) is 8.24. The van der Waals surface area contributed by atoms with Gasteiger partial charge in [0.15, 0.2) is 11.6 Å². The SMILES string of the molecule is CC.CCCCCc1ccc(C#Cc2ccc(-c3ccc(F)c(F)c3)c(F)c2)c(C)c1. The van der Waals surface area contributed by atoms with E-state index in [1.807, 2.05) is 26.8 Å². The predicted molar refractivity (Wildman–Crippen MR) is 123 cm³/mol. The Bertz CT molecular complexity index is 1070. The first-order valence-corrected chi connectivity index (χ1v) is 10.8. The van der Waals surface area contributed by atoms with Crippen LogP contribution in [0.15, 0.2) is 54.6 Å². The summed E-state index contributed by atoms with van der Waals surface area (Å²) in [5, 5.41) is 0. The molecular weight excluding hydrogens is 393 g/mol. The Labute approximate surface area is 184 Å². The van der Waals surface area contributed by atoms with Gasteiger partial charge in [-0.2, -0.15) is 0 Å². The second-order valence-corrected chi connectivity index (χ2v) is 7.18. The van der Waals surface area contributed by atoms with Gasteiger partial charge < -0.3 is 0 Å². The summed E-state index contributed by atoms with van der Waals surface area (Å²) in [6.07, 6.45) is 4.68. The van der Waals surface area contributed by atoms with E-state index in [-0.39, 0.29) is 11.1 Å². The van der Waals surface area contributed by atoms with E-state index < -0.39 is 17.5 Å². The minimum atomic E-state index is -1.00. The molecule has 0 unspecified atom stereocenters. The lowest BCUT2D eigenvalue weighted by atomic mass is 10.0. The summed E-state index contributed by atoms with van der Waals surface area (Å²) in [5.41, 5.74) is 4.35. The van der Waals surface area contributed by atoms with Gasteiger partial charge in [-0.05, 0) is 66.8 Å². The fraction of sp³-hybridized carbons (Fsp3) is 0.286. The average Bonchev–Trinajstić information content (AvgIpc) is 2.77. The van der Waals surface area contributed by atoms with Crippen LogP contribution in [0.1, 0.15) is 62.3 Å². The van der Waals surface area contributed by atoms with Crippen LogP contribution in [0, 0.1) is 36.2 Å². The molecule has 3 aromatic rings. The number of aryl methyl sites for hydroxylation is 2. The van der Waals surface area contributed by atoms with Crippen LogP contribution in [0.3, 0.4) is 0 Å². The summed E-state index contributed by atoms with van der Waals surface area (Å²) in [5.74, 6) is 3.61. The maximum absolute atomic E-state index is 14.5. The first-order chi connectivity index (χ1) is 15.0. The zero-order valence-corrected chi connectivity index (χ0v) is 18.7. The molecule has 0 aliphatic heterocycles. The molecule has 0 spiro atoms. The molecule has 0 radical (unpaired) electrons. The van der Waals surface area contributed by atoms with Crippen molar-refractivity contribution in [3.05, 3.63) is 94.3 Å². The number of hydrogen-bond donors (Lipinski definition) is 0. The number of rotatable bonds is 5. The van der Waals surface area contributed by atoms with Crippen LogP contribution >= 0.6 is 0 Å². The molecule has 162 valence electrons. The molecule has 0 fully saturated rings. The van der Waals surface area contributed by atoms with Crippen molar-refractivity contribution >= 4 is 0 Å². The van der Waals surface area contributed by atoms with E-state index in [1.54, 1.807) is 6.07 Å². The molecule has 3 heteroatoms. The van der Waals surface area contributed by atoms with Crippen LogP contribution in [-0.4, -0.2) is 0 Å². The molecule has 0 heterocycles. The molecule has 3 aromatic carbocycles. The van der Waals surface area contributed by atoms with Gasteiger partial charge in [0, 0.05) is 16.7 Å². The summed E-state index contributed by atoms with van der Waals surface area (Å²) in [6, 6.07) is 14.1. The Balaban J connectivity index is 0.00000166. The Morgan fingerprint density at radius 2 is 1.52 bits per heavy atom. The topological polar surface area (TPSA) is 0 Å². The van der Waals surface area contributed by atoms with Crippen molar-refractivity contribution in [1.29, 1.82) is 0 Å². The summed E-state index contributed by atoms with van der Waals surface area (Å²) in [6.45, 7) is 8.22. The van der Waals surface area contributed by atoms with E-state index in [1.165, 1.54) is 43.0 Å². The molecule has 0 amide bonds. The average molecular weight is 423 g/mol. The molecule has 0 aliphatic carbocycles. The third-order valence-corrected chi connectivity index (χ3v) is 4.90. The van der Waals surface area contributed by atoms with Gasteiger partial charge >= 0.3 is 0 Å². The molecule has 0 bridgehead atoms. The van der Waals surface area contributed by atoms with Gasteiger partial charge in [0.05, 0.1) is 0 Å². The van der Waals surface area contributed by atoms with Crippen LogP contribution in [0.2, 0.25) is 0 Å². The Morgan fingerprint density at radius 1 is 0.742 bits per heavy atom. The summed E-state index contributed by atoms with van der Waals surface area (Å²) in [7, 11) is 0. The minimum Gasteiger partial charge on any atom is -0.206 e. The molecule has 3 rings (SSSR count). The standard InChI is InChI=1S/C26H23F3.C2H6/c1-3-4-5-6-19-7-10-21(18(2)15-19)11-8-20-9-13-23(25(28)16-20)22-12-14-24(27)26(29)17-22;1-2/h7,9-10,12-17H,3-6H2,1-2H3;1-2H3. The van der Waals surface area contributed by atoms with Crippen molar-refractivity contribution in [1.82, 2.24) is 0 Å². The van der Waals surface area contributed by atoms with Crippen LogP contribution in [0.4, 0.5) is 13.2 Å². The number of benzene rings is 3. The van der Waals surface area contributed by atoms with Gasteiger partial charge in [-0.15, -0.1) is 0 Å². The highest BCUT2D eigenvalue weighted by Crippen LogP contribution is 2.25. The van der Waals surface area contributed by atoms with Crippen molar-refractivity contribution < 1.29 is 13.2 Å². The highest BCUT2D eigenvalue weighted by atomic mass is 19.2. The lowest BCUT2D eigenvalue weighted by Gasteiger charge is -2.05. The molecule has 0 aromatic heterocycles. The zero-order valence-electron chi connectivity index (χ0n) is 18.7. The minimum absolute atomic E-state index is 0.210. The fourth-order valence-corrected chi connectivity index (χ4v) is 3.23. The highest BCUT2D eigenvalue weighted by Gasteiger charge is 2.09. The third-order valence-electron chi connectivity index (χ3n) is 4.90. The first-order valence-electron chi connectivity index (χ1n) is 10.8. The van der Waals surface area contributed by atoms with Crippen LogP contribution < -0.4 is 0 Å². The largest absolute Gasteiger partial charge is 0.206 e. The molecule has 0 saturated carbocycles. The quantitative estimate of drug-likeness (QED) is 0.287. The number of unbranched alkanes of at least 4 members (excludes halogenated alkanes) is 2. The van der Waals surface area contributed by atoms with Crippen molar-refractivity contribution in [3.8, 4) is 23.0 Å². The zero-order chi connectivity index (χ0) is 22.8. The Kier molecular flexibility index (Phi) is 9.40. The molecule has 0 atom stereocenters. The molecule has 0 nitrogen and oxygen atoms in total. The van der Waals surface area contributed by atoms with E-state index in [2.05, 4.69) is 30.9 Å². The second kappa shape index (κ2) is 12.0. The smallest absolute Gasteiger partial charge is 0.159 e. The third kappa shape index (κ3) is 6.76. The van der Waals surface area contributed by atoms with Crippen molar-refractivity contribution in [2.75, 3.05) is 0 Å². The molecule has 31 heavy (non-hydrogen) atoms. The summed E-state index contributed by atoms with van der Waals surface area (Å²) >= 11 is 0. The van der Waals surface area contributed by atoms with Crippen LogP contribution in [0.5, 0.6) is 0 Å². The van der Waals surface area contributed by atoms with Gasteiger partial charge in [-0.1, -0.05) is 69.7 Å². The van der Waals surface area contributed by atoms with Crippen molar-refractivity contribution in [2.45, 2.75) is 53.4 Å². The van der Waals surface area contributed by atoms with Crippen LogP contribution in [-0.2, 0) is 6.42 Å². The van der Waals surface area contributed by atoms with Crippen LogP contribution in [0.25, 0.3) is 11.1 Å². The van der Waals surface area contributed by atoms with Crippen molar-refractivity contribution in [3.63, 3.8) is 0 Å². The fourth-order valence-electron chi connectivity index (χ4n) is 3.23. The normalized spacial score (nSPS) is 10.0. The van der Waals surface area contributed by atoms with Gasteiger partial charge in [-0.25, -0.2) is 13.2 Å². The molecule has 0 N–H and O–H groups in total. The van der Waals surface area contributed by atoms with Gasteiger partial charge in [0.1, 0.15) is 5.82 Å². The molecular formula is C28H29F3. The van der Waals surface area contributed by atoms with Gasteiger partial charge in [0.25, 0.3) is 0 Å². The number of halogens is 3. The lowest BCUT2D eigenvalue weighted by Crippen LogP contribution is -1.91.